The van der Waals surface area contributed by atoms with E-state index < -0.39 is 10.0 Å². The van der Waals surface area contributed by atoms with Gasteiger partial charge in [0.2, 0.25) is 9.30 Å². The van der Waals surface area contributed by atoms with Crippen LogP contribution in [0.3, 0.4) is 0 Å². The lowest BCUT2D eigenvalue weighted by molar-refractivity contribution is 0.595. The number of nitrogens with two attached hydrogens (primary N) is 1. The number of nitrogens with zero attached hydrogens (tertiary/aromatic N) is 3. The van der Waals surface area contributed by atoms with Crippen molar-refractivity contribution in [3.05, 3.63) is 48.7 Å². The van der Waals surface area contributed by atoms with Gasteiger partial charge in [-0.25, -0.2) is 23.1 Å². The van der Waals surface area contributed by atoms with Gasteiger partial charge in [-0.3, -0.25) is 0 Å². The van der Waals surface area contributed by atoms with E-state index in [-0.39, 0.29) is 4.34 Å². The molecule has 0 aliphatic rings. The van der Waals surface area contributed by atoms with Gasteiger partial charge >= 0.3 is 0 Å². The molecule has 4 rings (SSSR count). The Morgan fingerprint density at radius 2 is 1.86 bits per heavy atom. The van der Waals surface area contributed by atoms with Crippen molar-refractivity contribution in [2.75, 3.05) is 0 Å². The van der Waals surface area contributed by atoms with E-state index in [1.165, 1.54) is 4.52 Å². The van der Waals surface area contributed by atoms with E-state index >= 15 is 0 Å². The molecule has 110 valence electrons. The van der Waals surface area contributed by atoms with Gasteiger partial charge in [-0.1, -0.05) is 47.7 Å². The number of hydrogen-bond donors (Lipinski definition) is 1. The smallest absolute Gasteiger partial charge is 0.223 e. The summed E-state index contributed by atoms with van der Waals surface area (Å²) in [4.78, 5) is 4.92. The molecule has 2 N–H and O–H groups in total. The van der Waals surface area contributed by atoms with Crippen LogP contribution in [0.1, 0.15) is 0 Å². The number of sulfonamides is 1. The van der Waals surface area contributed by atoms with E-state index in [1.54, 1.807) is 6.20 Å². The zero-order valence-corrected chi connectivity index (χ0v) is 12.8. The van der Waals surface area contributed by atoms with Crippen LogP contribution in [0.25, 0.3) is 27.0 Å². The van der Waals surface area contributed by atoms with Gasteiger partial charge in [0.05, 0.1) is 11.9 Å². The molecule has 0 radical (unpaired) electrons. The van der Waals surface area contributed by atoms with E-state index in [9.17, 15) is 8.42 Å². The highest BCUT2D eigenvalue weighted by molar-refractivity contribution is 7.91. The highest BCUT2D eigenvalue weighted by Crippen LogP contribution is 2.26. The fourth-order valence-corrected chi connectivity index (χ4v) is 3.79. The Kier molecular flexibility index (Phi) is 2.80. The second-order valence-corrected chi connectivity index (χ2v) is 7.52. The summed E-state index contributed by atoms with van der Waals surface area (Å²) >= 11 is 0.951. The SMILES string of the molecule is NS(=O)(=O)c1nn2cc(-c3ccc4ccccc4c3)nc2s1. The van der Waals surface area contributed by atoms with Crippen LogP contribution in [0.4, 0.5) is 0 Å². The minimum absolute atomic E-state index is 0.139. The Balaban J connectivity index is 1.84. The van der Waals surface area contributed by atoms with E-state index in [1.807, 2.05) is 42.5 Å². The maximum atomic E-state index is 11.3. The molecule has 4 aromatic rings. The molecule has 2 aromatic heterocycles. The molecular formula is C14H10N4O2S2. The molecule has 0 saturated heterocycles. The fourth-order valence-electron chi connectivity index (χ4n) is 2.28. The molecule has 0 fully saturated rings. The number of hydrogen-bond acceptors (Lipinski definition) is 5. The topological polar surface area (TPSA) is 90.4 Å². The zero-order valence-electron chi connectivity index (χ0n) is 11.2. The van der Waals surface area contributed by atoms with Crippen molar-refractivity contribution in [3.8, 4) is 11.3 Å². The molecule has 0 spiro atoms. The third-order valence-corrected chi connectivity index (χ3v) is 5.55. The highest BCUT2D eigenvalue weighted by Gasteiger charge is 2.17. The lowest BCUT2D eigenvalue weighted by Gasteiger charge is -2.00. The first-order chi connectivity index (χ1) is 10.5. The summed E-state index contributed by atoms with van der Waals surface area (Å²) in [5.74, 6) is 0. The molecule has 6 nitrogen and oxygen atoms in total. The molecule has 0 aliphatic heterocycles. The maximum absolute atomic E-state index is 11.3. The van der Waals surface area contributed by atoms with Crippen LogP contribution in [0.2, 0.25) is 0 Å². The van der Waals surface area contributed by atoms with Crippen molar-refractivity contribution >= 4 is 37.1 Å². The van der Waals surface area contributed by atoms with Crippen molar-refractivity contribution in [1.82, 2.24) is 14.6 Å². The molecule has 0 bridgehead atoms. The summed E-state index contributed by atoms with van der Waals surface area (Å²) in [6.07, 6.45) is 1.70. The van der Waals surface area contributed by atoms with E-state index in [0.717, 1.165) is 33.4 Å². The molecule has 0 aliphatic carbocycles. The molecular weight excluding hydrogens is 320 g/mol. The van der Waals surface area contributed by atoms with Gasteiger partial charge in [-0.05, 0) is 16.8 Å². The lowest BCUT2D eigenvalue weighted by Crippen LogP contribution is -2.12. The zero-order chi connectivity index (χ0) is 15.3. The van der Waals surface area contributed by atoms with Crippen LogP contribution in [0.15, 0.2) is 53.0 Å². The number of aromatic nitrogens is 3. The average Bonchev–Trinajstić information content (AvgIpc) is 3.04. The summed E-state index contributed by atoms with van der Waals surface area (Å²) in [7, 11) is -3.79. The number of imidazole rings is 1. The summed E-state index contributed by atoms with van der Waals surface area (Å²) in [5, 5.41) is 11.3. The third-order valence-electron chi connectivity index (χ3n) is 3.31. The van der Waals surface area contributed by atoms with Crippen LogP contribution in [-0.4, -0.2) is 23.0 Å². The number of primary sulfonamides is 1. The van der Waals surface area contributed by atoms with Gasteiger partial charge < -0.3 is 0 Å². The summed E-state index contributed by atoms with van der Waals surface area (Å²) in [6, 6.07) is 14.1. The van der Waals surface area contributed by atoms with Crippen molar-refractivity contribution in [3.63, 3.8) is 0 Å². The molecule has 0 saturated carbocycles. The second-order valence-electron chi connectivity index (χ2n) is 4.83. The quantitative estimate of drug-likeness (QED) is 0.610. The lowest BCUT2D eigenvalue weighted by atomic mass is 10.1. The Labute approximate surface area is 129 Å². The second kappa shape index (κ2) is 4.60. The van der Waals surface area contributed by atoms with Crippen LogP contribution >= 0.6 is 11.3 Å². The van der Waals surface area contributed by atoms with E-state index in [2.05, 4.69) is 10.1 Å². The van der Waals surface area contributed by atoms with Crippen LogP contribution in [0, 0.1) is 0 Å². The normalized spacial score (nSPS) is 12.2. The third kappa shape index (κ3) is 2.17. The average molecular weight is 330 g/mol. The Morgan fingerprint density at radius 3 is 2.59 bits per heavy atom. The summed E-state index contributed by atoms with van der Waals surface area (Å²) in [5.41, 5.74) is 1.69. The molecule has 8 heteroatoms. The minimum atomic E-state index is -3.79. The van der Waals surface area contributed by atoms with Crippen LogP contribution < -0.4 is 5.14 Å². The number of benzene rings is 2. The first kappa shape index (κ1) is 13.4. The first-order valence-electron chi connectivity index (χ1n) is 6.39. The predicted molar refractivity (Wildman–Crippen MR) is 85.2 cm³/mol. The van der Waals surface area contributed by atoms with Crippen molar-refractivity contribution in [2.24, 2.45) is 5.14 Å². The minimum Gasteiger partial charge on any atom is -0.223 e. The molecule has 22 heavy (non-hydrogen) atoms. The van der Waals surface area contributed by atoms with E-state index in [0.29, 0.717) is 4.96 Å². The van der Waals surface area contributed by atoms with Crippen molar-refractivity contribution in [2.45, 2.75) is 4.34 Å². The molecule has 2 aromatic carbocycles. The Bertz CT molecular complexity index is 1080. The summed E-state index contributed by atoms with van der Waals surface area (Å²) < 4.78 is 23.9. The van der Waals surface area contributed by atoms with Gasteiger partial charge in [-0.2, -0.15) is 0 Å². The number of rotatable bonds is 2. The summed E-state index contributed by atoms with van der Waals surface area (Å²) in [6.45, 7) is 0. The van der Waals surface area contributed by atoms with Crippen molar-refractivity contribution < 1.29 is 8.42 Å². The fraction of sp³-hybridized carbons (Fsp3) is 0. The van der Waals surface area contributed by atoms with Gasteiger partial charge in [-0.15, -0.1) is 5.10 Å². The van der Waals surface area contributed by atoms with Crippen LogP contribution in [0.5, 0.6) is 0 Å². The molecule has 0 unspecified atom stereocenters. The molecule has 2 heterocycles. The highest BCUT2D eigenvalue weighted by atomic mass is 32.2. The Morgan fingerprint density at radius 1 is 1.09 bits per heavy atom. The van der Waals surface area contributed by atoms with E-state index in [4.69, 9.17) is 5.14 Å². The Hall–Kier alpha value is -2.29. The first-order valence-corrected chi connectivity index (χ1v) is 8.75. The van der Waals surface area contributed by atoms with Crippen LogP contribution in [-0.2, 0) is 10.0 Å². The van der Waals surface area contributed by atoms with Gasteiger partial charge in [0, 0.05) is 5.56 Å². The monoisotopic (exact) mass is 330 g/mol. The van der Waals surface area contributed by atoms with Gasteiger partial charge in [0.25, 0.3) is 10.0 Å². The molecule has 0 amide bonds. The standard InChI is InChI=1S/C14H10N4O2S2/c15-22(19,20)14-17-18-8-12(16-13(18)21-14)11-6-5-9-3-1-2-4-10(9)7-11/h1-8H,(H2,15,19,20). The van der Waals surface area contributed by atoms with Gasteiger partial charge in [0.1, 0.15) is 0 Å². The predicted octanol–water partition coefficient (Wildman–Crippen LogP) is 2.26. The molecule has 0 atom stereocenters. The van der Waals surface area contributed by atoms with Gasteiger partial charge in [0.15, 0.2) is 0 Å². The largest absolute Gasteiger partial charge is 0.267 e. The number of fused-ring (bicyclic) bond motifs is 2. The van der Waals surface area contributed by atoms with Crippen molar-refractivity contribution in [1.29, 1.82) is 0 Å². The maximum Gasteiger partial charge on any atom is 0.267 e.